The summed E-state index contributed by atoms with van der Waals surface area (Å²) < 4.78 is 0. The fraction of sp³-hybridized carbons (Fsp3) is 0.400. The molecule has 34 heavy (non-hydrogen) atoms. The van der Waals surface area contributed by atoms with Crippen molar-refractivity contribution < 1.29 is 44.0 Å². The van der Waals surface area contributed by atoms with E-state index in [9.17, 15) is 0 Å². The summed E-state index contributed by atoms with van der Waals surface area (Å²) in [5.41, 5.74) is 14.3. The molecule has 0 bridgehead atoms. The zero-order valence-electron chi connectivity index (χ0n) is 23.1. The molecule has 0 radical (unpaired) electrons. The molecule has 4 aromatic carbocycles. The predicted molar refractivity (Wildman–Crippen MR) is 144 cm³/mol. The average Bonchev–Trinajstić information content (AvgIpc) is 3.30. The topological polar surface area (TPSA) is 0 Å². The number of rotatable bonds is 0. The van der Waals surface area contributed by atoms with Gasteiger partial charge in [0.2, 0.25) is 0 Å². The summed E-state index contributed by atoms with van der Waals surface area (Å²) in [5, 5.41) is 5.73. The van der Waals surface area contributed by atoms with Gasteiger partial charge in [0, 0.05) is 0 Å². The number of hydrogen-bond acceptors (Lipinski definition) is 0. The summed E-state index contributed by atoms with van der Waals surface area (Å²) in [6.45, 7) is 26.7. The van der Waals surface area contributed by atoms with Crippen LogP contribution in [0.2, 0.25) is 13.1 Å². The minimum Gasteiger partial charge on any atom is -1.00 e. The van der Waals surface area contributed by atoms with Crippen LogP contribution in [0.1, 0.15) is 55.6 Å². The van der Waals surface area contributed by atoms with Crippen molar-refractivity contribution in [2.24, 2.45) is 0 Å². The second kappa shape index (κ2) is 13.5. The molecule has 0 aromatic heterocycles. The molecule has 0 aliphatic heterocycles. The van der Waals surface area contributed by atoms with Gasteiger partial charge in [0.05, 0.1) is 0 Å². The Bertz CT molecular complexity index is 1120. The van der Waals surface area contributed by atoms with Crippen molar-refractivity contribution in [1.82, 2.24) is 0 Å². The first-order valence-corrected chi connectivity index (χ1v) is 16.4. The zero-order valence-corrected chi connectivity index (χ0v) is 27.1. The normalized spacial score (nSPS) is 10.1. The molecule has 184 valence electrons. The van der Waals surface area contributed by atoms with E-state index in [0.29, 0.717) is 0 Å². The third-order valence-corrected chi connectivity index (χ3v) is 7.06. The number of fused-ring (bicyclic) bond motifs is 2. The Morgan fingerprint density at radius 2 is 0.735 bits per heavy atom. The maximum Gasteiger partial charge on any atom is -0.0408 e. The van der Waals surface area contributed by atoms with E-state index in [1.165, 1.54) is 77.2 Å². The Morgan fingerprint density at radius 3 is 1.00 bits per heavy atom. The van der Waals surface area contributed by atoms with Gasteiger partial charge >= 0.3 is 38.5 Å². The molecule has 0 fully saturated rings. The first kappa shape index (κ1) is 33.2. The second-order valence-corrected chi connectivity index (χ2v) is 16.4. The second-order valence-electron chi connectivity index (χ2n) is 9.72. The van der Waals surface area contributed by atoms with E-state index in [0.717, 1.165) is 0 Å². The van der Waals surface area contributed by atoms with Gasteiger partial charge in [-0.1, -0.05) is 61.1 Å². The van der Waals surface area contributed by atoms with Crippen molar-refractivity contribution in [3.05, 3.63) is 79.9 Å². The zero-order chi connectivity index (χ0) is 24.5. The Morgan fingerprint density at radius 1 is 0.500 bits per heavy atom. The van der Waals surface area contributed by atoms with Gasteiger partial charge in [0.15, 0.2) is 0 Å². The quantitative estimate of drug-likeness (QED) is 0.235. The fourth-order valence-electron chi connectivity index (χ4n) is 4.48. The minimum atomic E-state index is 0. The Hall–Kier alpha value is -0.829. The molecule has 4 heteroatoms. The van der Waals surface area contributed by atoms with E-state index >= 15 is 0 Å². The predicted octanol–water partition coefficient (Wildman–Crippen LogP) is 2.99. The van der Waals surface area contributed by atoms with E-state index in [2.05, 4.69) is 126 Å². The molecule has 0 spiro atoms. The van der Waals surface area contributed by atoms with E-state index in [1.807, 2.05) is 0 Å². The molecule has 0 atom stereocenters. The molecular formula is C30H40Cl2SiTi-2. The van der Waals surface area contributed by atoms with Crippen molar-refractivity contribution >= 4 is 27.7 Å². The van der Waals surface area contributed by atoms with Gasteiger partial charge in [-0.15, -0.1) is 55.9 Å². The summed E-state index contributed by atoms with van der Waals surface area (Å²) in [5.74, 6) is 0. The van der Waals surface area contributed by atoms with Gasteiger partial charge in [0.25, 0.3) is 0 Å². The molecule has 4 rings (SSSR count). The fourth-order valence-corrected chi connectivity index (χ4v) is 4.48. The molecule has 0 saturated carbocycles. The molecular weight excluding hydrogens is 507 g/mol. The van der Waals surface area contributed by atoms with Crippen molar-refractivity contribution in [1.29, 1.82) is 0 Å². The van der Waals surface area contributed by atoms with Crippen molar-refractivity contribution in [3.8, 4) is 0 Å². The number of halogens is 2. The van der Waals surface area contributed by atoms with E-state index < -0.39 is 0 Å². The molecule has 0 unspecified atom stereocenters. The van der Waals surface area contributed by atoms with Gasteiger partial charge < -0.3 is 24.8 Å². The number of aryl methyl sites for hydroxylation is 6. The van der Waals surface area contributed by atoms with Crippen LogP contribution in [0.25, 0.3) is 21.5 Å². The Kier molecular flexibility index (Phi) is 13.1. The summed E-state index contributed by atoms with van der Waals surface area (Å²) >= 11 is 2.27. The summed E-state index contributed by atoms with van der Waals surface area (Å²) in [7, 11) is 0. The first-order valence-electron chi connectivity index (χ1n) is 11.6. The average molecular weight is 548 g/mol. The minimum absolute atomic E-state index is 0. The SMILES string of the molecule is C[Si](C)=[Ti+2].Cc1cc2c(C)c(C)c(C)c(C)c2[cH-]1.Cc1cc2c(C)c(C)c(C)c(C)c2[cH-]1.[Cl-].[Cl-]. The van der Waals surface area contributed by atoms with Crippen LogP contribution in [0.3, 0.4) is 0 Å². The van der Waals surface area contributed by atoms with Gasteiger partial charge in [-0.2, -0.15) is 12.1 Å². The van der Waals surface area contributed by atoms with Gasteiger partial charge in [-0.05, 0) is 41.5 Å². The Labute approximate surface area is 232 Å². The van der Waals surface area contributed by atoms with Crippen LogP contribution in [-0.4, -0.2) is 6.19 Å². The Balaban J connectivity index is 0.000000528. The van der Waals surface area contributed by atoms with Crippen molar-refractivity contribution in [3.63, 3.8) is 0 Å². The molecule has 4 aromatic rings. The van der Waals surface area contributed by atoms with Crippen LogP contribution in [0.15, 0.2) is 24.3 Å². The van der Waals surface area contributed by atoms with Gasteiger partial charge in [-0.25, -0.2) is 0 Å². The molecule has 0 heterocycles. The van der Waals surface area contributed by atoms with E-state index in [4.69, 9.17) is 0 Å². The van der Waals surface area contributed by atoms with Crippen LogP contribution in [0.4, 0.5) is 0 Å². The van der Waals surface area contributed by atoms with E-state index in [1.54, 1.807) is 0 Å². The third-order valence-electron chi connectivity index (χ3n) is 7.06. The van der Waals surface area contributed by atoms with Crippen LogP contribution < -0.4 is 24.8 Å². The largest absolute Gasteiger partial charge is 1.00 e. The molecule has 0 aliphatic carbocycles. The standard InChI is InChI=1S/2C14H17.C2H6Si.2ClH.Ti/c2*1-8-6-13-11(4)9(2)10(3)12(5)14(13)7-8;1-3-2;;;/h2*6-7H,1-5H3;1-2H3;2*1H;/q2*-1;;;;+2/p-2. The van der Waals surface area contributed by atoms with E-state index in [-0.39, 0.29) is 31.0 Å². The summed E-state index contributed by atoms with van der Waals surface area (Å²) in [6, 6.07) is 9.18. The first-order chi connectivity index (χ1) is 14.8. The number of benzene rings is 2. The smallest absolute Gasteiger partial charge is 0.0408 e. The van der Waals surface area contributed by atoms with Crippen LogP contribution in [-0.2, 0) is 19.2 Å². The van der Waals surface area contributed by atoms with Crippen LogP contribution >= 0.6 is 0 Å². The maximum absolute atomic E-state index is 2.30. The molecule has 0 N–H and O–H groups in total. The summed E-state index contributed by atoms with van der Waals surface area (Å²) in [4.78, 5) is 0. The summed E-state index contributed by atoms with van der Waals surface area (Å²) in [6.07, 6.45) is 0.120. The monoisotopic (exact) mass is 546 g/mol. The third kappa shape index (κ3) is 7.11. The van der Waals surface area contributed by atoms with Gasteiger partial charge in [0.1, 0.15) is 0 Å². The van der Waals surface area contributed by atoms with Crippen molar-refractivity contribution in [2.45, 2.75) is 82.3 Å². The molecule has 0 aliphatic rings. The van der Waals surface area contributed by atoms with Gasteiger partial charge in [-0.3, -0.25) is 0 Å². The molecule has 0 nitrogen and oxygen atoms in total. The number of hydrogen-bond donors (Lipinski definition) is 0. The van der Waals surface area contributed by atoms with Crippen LogP contribution in [0, 0.1) is 69.2 Å². The molecule has 0 amide bonds. The van der Waals surface area contributed by atoms with Crippen LogP contribution in [0.5, 0.6) is 0 Å². The van der Waals surface area contributed by atoms with Crippen molar-refractivity contribution in [2.75, 3.05) is 0 Å². The maximum atomic E-state index is 2.30. The molecule has 0 saturated heterocycles.